The van der Waals surface area contributed by atoms with Gasteiger partial charge in [-0.1, -0.05) is 6.07 Å². The highest BCUT2D eigenvalue weighted by molar-refractivity contribution is 14.1. The van der Waals surface area contributed by atoms with Crippen LogP contribution in [0.1, 0.15) is 18.2 Å². The van der Waals surface area contributed by atoms with E-state index in [0.717, 1.165) is 27.8 Å². The van der Waals surface area contributed by atoms with Crippen molar-refractivity contribution in [2.45, 2.75) is 26.9 Å². The van der Waals surface area contributed by atoms with E-state index in [1.54, 1.807) is 0 Å². The number of aryl methyl sites for hydroxylation is 2. The lowest BCUT2D eigenvalue weighted by atomic mass is 10.1. The van der Waals surface area contributed by atoms with Gasteiger partial charge in [-0.2, -0.15) is 2.70 Å². The Bertz CT molecular complexity index is 962. The molecule has 0 N–H and O–H groups in total. The monoisotopic (exact) mass is 420 g/mol. The molecule has 0 bridgehead atoms. The fourth-order valence-corrected chi connectivity index (χ4v) is 4.44. The van der Waals surface area contributed by atoms with Crippen LogP contribution in [0.25, 0.3) is 22.1 Å². The molecule has 23 heavy (non-hydrogen) atoms. The van der Waals surface area contributed by atoms with Crippen LogP contribution in [0.4, 0.5) is 5.69 Å². The Balaban J connectivity index is 2.09. The molecule has 0 amide bonds. The molecule has 0 saturated carbocycles. The van der Waals surface area contributed by atoms with Crippen molar-refractivity contribution in [3.8, 4) is 0 Å². The highest BCUT2D eigenvalue weighted by atomic mass is 127. The molecule has 5 heteroatoms. The number of fused-ring (bicyclic) bond motifs is 3. The van der Waals surface area contributed by atoms with E-state index < -0.39 is 0 Å². The van der Waals surface area contributed by atoms with Crippen molar-refractivity contribution in [2.75, 3.05) is 7.05 Å². The molecule has 3 heterocycles. The maximum absolute atomic E-state index is 6.22. The lowest BCUT2D eigenvalue weighted by Gasteiger charge is -2.31. The molecule has 0 fully saturated rings. The summed E-state index contributed by atoms with van der Waals surface area (Å²) in [4.78, 5) is 6.79. The number of quaternary nitrogens is 1. The third kappa shape index (κ3) is 2.03. The van der Waals surface area contributed by atoms with E-state index in [9.17, 15) is 0 Å². The van der Waals surface area contributed by atoms with E-state index in [-0.39, 0.29) is 0 Å². The molecular weight excluding hydrogens is 401 g/mol. The summed E-state index contributed by atoms with van der Waals surface area (Å²) in [5, 5.41) is 2.22. The van der Waals surface area contributed by atoms with E-state index in [2.05, 4.69) is 84.2 Å². The Morgan fingerprint density at radius 2 is 1.91 bits per heavy atom. The number of benzene rings is 1. The number of nitrogens with zero attached hydrogens (tertiary/aromatic N) is 3. The fourth-order valence-electron chi connectivity index (χ4n) is 3.30. The van der Waals surface area contributed by atoms with Gasteiger partial charge < -0.3 is 9.32 Å². The van der Waals surface area contributed by atoms with Crippen molar-refractivity contribution in [3.05, 3.63) is 47.9 Å². The van der Waals surface area contributed by atoms with E-state index >= 15 is 0 Å². The minimum atomic E-state index is 0.308. The Labute approximate surface area is 149 Å². The van der Waals surface area contributed by atoms with E-state index in [4.69, 9.17) is 4.42 Å². The molecule has 0 saturated heterocycles. The second-order valence-electron chi connectivity index (χ2n) is 6.30. The Hall–Kier alpha value is -1.60. The lowest BCUT2D eigenvalue weighted by Crippen LogP contribution is -2.44. The number of hydrogen-bond donors (Lipinski definition) is 0. The molecule has 0 spiro atoms. The maximum atomic E-state index is 6.22. The zero-order valence-corrected chi connectivity index (χ0v) is 15.8. The van der Waals surface area contributed by atoms with Crippen LogP contribution in [-0.4, -0.2) is 23.1 Å². The predicted octanol–water partition coefficient (Wildman–Crippen LogP) is 5.02. The molecule has 1 unspecified atom stereocenters. The summed E-state index contributed by atoms with van der Waals surface area (Å²) in [6.07, 6.45) is 4.67. The van der Waals surface area contributed by atoms with Gasteiger partial charge in [-0.05, 0) is 32.0 Å². The van der Waals surface area contributed by atoms with Crippen molar-refractivity contribution in [1.82, 2.24) is 12.6 Å². The Morgan fingerprint density at radius 3 is 2.61 bits per heavy atom. The average molecular weight is 420 g/mol. The number of aromatic nitrogens is 1. The fraction of sp³-hybridized carbons (Fsp3) is 0.278. The summed E-state index contributed by atoms with van der Waals surface area (Å²) < 4.78 is 6.90. The van der Waals surface area contributed by atoms with Crippen molar-refractivity contribution >= 4 is 50.6 Å². The van der Waals surface area contributed by atoms with Gasteiger partial charge in [0.2, 0.25) is 5.71 Å². The molecule has 2 aromatic heterocycles. The van der Waals surface area contributed by atoms with Crippen LogP contribution in [0.2, 0.25) is 0 Å². The molecule has 0 aliphatic carbocycles. The van der Waals surface area contributed by atoms with Gasteiger partial charge in [-0.3, -0.25) is 0 Å². The normalized spacial score (nSPS) is 24.2. The first-order chi connectivity index (χ1) is 10.9. The SMILES string of the molecule is Cc1ccc2c(n1)oc1c([N+]3(I)C=CN(C)[C@@H]3C)c(C)ccc12. The number of rotatable bonds is 1. The van der Waals surface area contributed by atoms with Gasteiger partial charge in [-0.15, -0.1) is 0 Å². The molecule has 3 aromatic rings. The Morgan fingerprint density at radius 1 is 1.17 bits per heavy atom. The Kier molecular flexibility index (Phi) is 3.22. The zero-order valence-electron chi connectivity index (χ0n) is 13.7. The summed E-state index contributed by atoms with van der Waals surface area (Å²) in [6, 6.07) is 8.48. The minimum Gasteiger partial charge on any atom is -0.431 e. The molecule has 1 aliphatic rings. The van der Waals surface area contributed by atoms with E-state index in [0.29, 0.717) is 8.86 Å². The van der Waals surface area contributed by atoms with Crippen LogP contribution in [0.3, 0.4) is 0 Å². The van der Waals surface area contributed by atoms with Crippen LogP contribution in [0, 0.1) is 13.8 Å². The number of furan rings is 1. The van der Waals surface area contributed by atoms with Gasteiger partial charge in [0.05, 0.1) is 6.20 Å². The summed E-state index contributed by atoms with van der Waals surface area (Å²) in [7, 11) is 2.11. The molecule has 1 aliphatic heterocycles. The summed E-state index contributed by atoms with van der Waals surface area (Å²) >= 11 is 2.51. The van der Waals surface area contributed by atoms with Gasteiger partial charge >= 0.3 is 0 Å². The number of pyridine rings is 1. The standard InChI is InChI=1S/C18H19IN3O/c1-11-5-7-14-15-8-6-12(2)20-18(15)23-17(14)16(11)22(19)10-9-21(4)13(22)3/h5-10,13H,1-4H3/q+1/t13-,22?/m0/s1. The van der Waals surface area contributed by atoms with Crippen LogP contribution < -0.4 is 2.70 Å². The van der Waals surface area contributed by atoms with Crippen LogP contribution in [0.15, 0.2) is 41.1 Å². The van der Waals surface area contributed by atoms with Gasteiger partial charge in [0, 0.05) is 36.0 Å². The second kappa shape index (κ2) is 4.95. The average Bonchev–Trinajstić information content (AvgIpc) is 2.99. The highest BCUT2D eigenvalue weighted by Crippen LogP contribution is 2.46. The highest BCUT2D eigenvalue weighted by Gasteiger charge is 2.43. The van der Waals surface area contributed by atoms with Crippen LogP contribution in [-0.2, 0) is 0 Å². The summed E-state index contributed by atoms with van der Waals surface area (Å²) in [5.41, 5.74) is 5.07. The molecule has 4 nitrogen and oxygen atoms in total. The second-order valence-corrected chi connectivity index (χ2v) is 7.89. The predicted molar refractivity (Wildman–Crippen MR) is 103 cm³/mol. The molecule has 118 valence electrons. The van der Waals surface area contributed by atoms with Crippen molar-refractivity contribution in [3.63, 3.8) is 0 Å². The summed E-state index contributed by atoms with van der Waals surface area (Å²) in [6.45, 7) is 6.37. The van der Waals surface area contributed by atoms with Crippen molar-refractivity contribution in [1.29, 1.82) is 0 Å². The first-order valence-electron chi connectivity index (χ1n) is 7.71. The lowest BCUT2D eigenvalue weighted by molar-refractivity contribution is 0.299. The van der Waals surface area contributed by atoms with Gasteiger partial charge in [-0.25, -0.2) is 4.98 Å². The third-order valence-electron chi connectivity index (χ3n) is 4.82. The number of hydrogen-bond acceptors (Lipinski definition) is 3. The van der Waals surface area contributed by atoms with Crippen LogP contribution >= 0.6 is 22.9 Å². The molecular formula is C18H19IN3O+. The minimum absolute atomic E-state index is 0.308. The third-order valence-corrected chi connectivity index (χ3v) is 6.43. The first kappa shape index (κ1) is 15.0. The smallest absolute Gasteiger partial charge is 0.262 e. The molecule has 0 radical (unpaired) electrons. The van der Waals surface area contributed by atoms with Gasteiger partial charge in [0.25, 0.3) is 22.9 Å². The van der Waals surface area contributed by atoms with Crippen molar-refractivity contribution in [2.24, 2.45) is 0 Å². The van der Waals surface area contributed by atoms with E-state index in [1.807, 2.05) is 13.0 Å². The summed E-state index contributed by atoms with van der Waals surface area (Å²) in [5.74, 6) is 0. The largest absolute Gasteiger partial charge is 0.431 e. The van der Waals surface area contributed by atoms with Gasteiger partial charge in [0.1, 0.15) is 6.20 Å². The molecule has 2 atom stereocenters. The van der Waals surface area contributed by atoms with E-state index in [1.165, 1.54) is 11.3 Å². The zero-order chi connectivity index (χ0) is 16.4. The maximum Gasteiger partial charge on any atom is 0.262 e. The molecule has 1 aromatic carbocycles. The molecule has 4 rings (SSSR count). The van der Waals surface area contributed by atoms with Gasteiger partial charge in [0.15, 0.2) is 17.4 Å². The quantitative estimate of drug-likeness (QED) is 0.409. The number of halogens is 1. The van der Waals surface area contributed by atoms with Crippen molar-refractivity contribution < 1.29 is 4.42 Å². The topological polar surface area (TPSA) is 29.3 Å². The van der Waals surface area contributed by atoms with Crippen LogP contribution in [0.5, 0.6) is 0 Å². The first-order valence-corrected chi connectivity index (χ1v) is 8.68.